The lowest BCUT2D eigenvalue weighted by Crippen LogP contribution is -2.51. The minimum absolute atomic E-state index is 0.0589. The fourth-order valence-corrected chi connectivity index (χ4v) is 2.63. The van der Waals surface area contributed by atoms with Crippen LogP contribution in [0.15, 0.2) is 30.3 Å². The molecule has 30 heavy (non-hydrogen) atoms. The minimum Gasteiger partial charge on any atom is -0.481 e. The summed E-state index contributed by atoms with van der Waals surface area (Å²) in [6.45, 7) is -0.0631. The Balaban J connectivity index is 2.72. The van der Waals surface area contributed by atoms with Crippen LogP contribution >= 0.6 is 15.9 Å². The molecule has 0 saturated heterocycles. The smallest absolute Gasteiger partial charge is 0.408 e. The van der Waals surface area contributed by atoms with Gasteiger partial charge < -0.3 is 25.6 Å². The molecule has 11 heteroatoms. The molecule has 0 aliphatic rings. The Morgan fingerprint density at radius 2 is 1.57 bits per heavy atom. The number of nitrogens with one attached hydrogen (secondary N) is 2. The zero-order valence-corrected chi connectivity index (χ0v) is 17.6. The third-order valence-corrected chi connectivity index (χ3v) is 4.57. The highest BCUT2D eigenvalue weighted by Gasteiger charge is 2.27. The lowest BCUT2D eigenvalue weighted by molar-refractivity contribution is -0.143. The number of benzene rings is 1. The van der Waals surface area contributed by atoms with E-state index in [1.807, 2.05) is 0 Å². The summed E-state index contributed by atoms with van der Waals surface area (Å²) in [5.41, 5.74) is 0.710. The zero-order chi connectivity index (χ0) is 22.5. The van der Waals surface area contributed by atoms with Crippen LogP contribution in [0.5, 0.6) is 0 Å². The molecule has 2 atom stereocenters. The van der Waals surface area contributed by atoms with Crippen molar-refractivity contribution in [3.63, 3.8) is 0 Å². The summed E-state index contributed by atoms with van der Waals surface area (Å²) in [6.07, 6.45) is -1.87. The molecule has 0 aliphatic carbocycles. The topological polar surface area (TPSA) is 159 Å². The summed E-state index contributed by atoms with van der Waals surface area (Å²) in [5.74, 6) is -3.66. The van der Waals surface area contributed by atoms with Gasteiger partial charge in [0.15, 0.2) is 0 Å². The summed E-state index contributed by atoms with van der Waals surface area (Å²) in [7, 11) is 0. The van der Waals surface area contributed by atoms with Gasteiger partial charge in [0.05, 0.1) is 5.33 Å². The van der Waals surface area contributed by atoms with Crippen molar-refractivity contribution in [2.45, 2.75) is 44.4 Å². The molecule has 0 bridgehead atoms. The lowest BCUT2D eigenvalue weighted by atomic mass is 10.1. The molecule has 0 spiro atoms. The number of hydrogen-bond donors (Lipinski definition) is 4. The number of alkyl halides is 1. The van der Waals surface area contributed by atoms with Gasteiger partial charge in [0.1, 0.15) is 24.5 Å². The van der Waals surface area contributed by atoms with Gasteiger partial charge in [-0.15, -0.1) is 0 Å². The number of ether oxygens (including phenoxy) is 1. The van der Waals surface area contributed by atoms with Crippen molar-refractivity contribution < 1.29 is 38.9 Å². The van der Waals surface area contributed by atoms with Crippen molar-refractivity contribution in [1.29, 1.82) is 0 Å². The molecule has 0 heterocycles. The highest BCUT2D eigenvalue weighted by molar-refractivity contribution is 9.09. The fourth-order valence-electron chi connectivity index (χ4n) is 2.35. The number of aliphatic carboxylic acids is 2. The third kappa shape index (κ3) is 10.0. The second kappa shape index (κ2) is 13.3. The van der Waals surface area contributed by atoms with E-state index in [-0.39, 0.29) is 37.0 Å². The molecular weight excluding hydrogens is 464 g/mol. The first kappa shape index (κ1) is 25.1. The zero-order valence-electron chi connectivity index (χ0n) is 16.0. The van der Waals surface area contributed by atoms with Gasteiger partial charge in [0.25, 0.3) is 0 Å². The number of carbonyl (C=O) groups excluding carboxylic acids is 3. The van der Waals surface area contributed by atoms with E-state index in [0.29, 0.717) is 5.56 Å². The predicted molar refractivity (Wildman–Crippen MR) is 108 cm³/mol. The van der Waals surface area contributed by atoms with Crippen LogP contribution in [0.2, 0.25) is 0 Å². The average molecular weight is 487 g/mol. The maximum absolute atomic E-state index is 12.5. The van der Waals surface area contributed by atoms with Gasteiger partial charge in [-0.3, -0.25) is 14.4 Å². The van der Waals surface area contributed by atoms with Crippen LogP contribution < -0.4 is 10.6 Å². The highest BCUT2D eigenvalue weighted by atomic mass is 79.9. The number of amides is 2. The largest absolute Gasteiger partial charge is 0.481 e. The van der Waals surface area contributed by atoms with Crippen LogP contribution in [0.25, 0.3) is 0 Å². The first-order valence-corrected chi connectivity index (χ1v) is 10.1. The van der Waals surface area contributed by atoms with Gasteiger partial charge in [-0.2, -0.15) is 0 Å². The molecule has 2 amide bonds. The number of carbonyl (C=O) groups is 5. The molecule has 0 radical (unpaired) electrons. The molecule has 0 saturated carbocycles. The van der Waals surface area contributed by atoms with Crippen molar-refractivity contribution in [2.24, 2.45) is 0 Å². The number of rotatable bonds is 13. The quantitative estimate of drug-likeness (QED) is 0.305. The van der Waals surface area contributed by atoms with Crippen molar-refractivity contribution in [1.82, 2.24) is 10.6 Å². The molecule has 4 N–H and O–H groups in total. The molecule has 1 aromatic carbocycles. The van der Waals surface area contributed by atoms with E-state index in [1.165, 1.54) is 0 Å². The van der Waals surface area contributed by atoms with Crippen molar-refractivity contribution in [3.8, 4) is 0 Å². The number of alkyl carbamates (subject to hydrolysis) is 1. The van der Waals surface area contributed by atoms with Crippen molar-refractivity contribution in [3.05, 3.63) is 35.9 Å². The number of hydrogen-bond acceptors (Lipinski definition) is 6. The Hall–Kier alpha value is -2.95. The van der Waals surface area contributed by atoms with Crippen LogP contribution in [0.1, 0.15) is 31.2 Å². The standard InChI is InChI=1S/C19H23BrN2O8/c20-10-13(23)6-7-15(18(27)28)21-17(26)14(8-9-16(24)25)22-19(29)30-11-12-4-2-1-3-5-12/h1-5,14-15H,6-11H2,(H,21,26)(H,22,29)(H,24,25)(H,27,28). The monoisotopic (exact) mass is 486 g/mol. The van der Waals surface area contributed by atoms with E-state index in [4.69, 9.17) is 9.84 Å². The number of Topliss-reactive ketones (excluding diaryl/α,β-unsaturated/α-hetero) is 1. The molecular formula is C19H23BrN2O8. The molecule has 10 nitrogen and oxygen atoms in total. The Labute approximate surface area is 181 Å². The third-order valence-electron chi connectivity index (χ3n) is 3.94. The van der Waals surface area contributed by atoms with E-state index in [0.717, 1.165) is 0 Å². The van der Waals surface area contributed by atoms with E-state index >= 15 is 0 Å². The Kier molecular flexibility index (Phi) is 11.1. The van der Waals surface area contributed by atoms with Gasteiger partial charge >= 0.3 is 18.0 Å². The number of ketones is 1. The summed E-state index contributed by atoms with van der Waals surface area (Å²) in [5, 5.41) is 22.7. The average Bonchev–Trinajstić information content (AvgIpc) is 2.72. The number of carboxylic acids is 2. The molecule has 1 rings (SSSR count). The SMILES string of the molecule is O=C(O)CCC(NC(=O)OCc1ccccc1)C(=O)NC(CCC(=O)CBr)C(=O)O. The maximum Gasteiger partial charge on any atom is 0.408 e. The van der Waals surface area contributed by atoms with Gasteiger partial charge in [-0.25, -0.2) is 9.59 Å². The minimum atomic E-state index is -1.37. The molecule has 0 aromatic heterocycles. The molecule has 2 unspecified atom stereocenters. The van der Waals surface area contributed by atoms with Crippen molar-refractivity contribution >= 4 is 45.7 Å². The molecule has 0 aliphatic heterocycles. The van der Waals surface area contributed by atoms with Gasteiger partial charge in [-0.1, -0.05) is 46.3 Å². The van der Waals surface area contributed by atoms with Gasteiger partial charge in [0.2, 0.25) is 5.91 Å². The molecule has 1 aromatic rings. The number of halogens is 1. The van der Waals surface area contributed by atoms with Crippen LogP contribution in [0.4, 0.5) is 4.79 Å². The summed E-state index contributed by atoms with van der Waals surface area (Å²) in [6, 6.07) is 6.08. The van der Waals surface area contributed by atoms with Crippen molar-refractivity contribution in [2.75, 3.05) is 5.33 Å². The van der Waals surface area contributed by atoms with E-state index in [2.05, 4.69) is 26.6 Å². The lowest BCUT2D eigenvalue weighted by Gasteiger charge is -2.21. The maximum atomic E-state index is 12.5. The fraction of sp³-hybridized carbons (Fsp3) is 0.421. The van der Waals surface area contributed by atoms with Gasteiger partial charge in [0, 0.05) is 12.8 Å². The molecule has 164 valence electrons. The van der Waals surface area contributed by atoms with E-state index in [1.54, 1.807) is 30.3 Å². The Morgan fingerprint density at radius 1 is 0.933 bits per heavy atom. The van der Waals surface area contributed by atoms with Crippen LogP contribution in [0.3, 0.4) is 0 Å². The molecule has 0 fully saturated rings. The van der Waals surface area contributed by atoms with Gasteiger partial charge in [-0.05, 0) is 18.4 Å². The van der Waals surface area contributed by atoms with E-state index in [9.17, 15) is 29.1 Å². The first-order chi connectivity index (χ1) is 14.2. The Bertz CT molecular complexity index is 756. The van der Waals surface area contributed by atoms with Crippen LogP contribution in [0, 0.1) is 0 Å². The van der Waals surface area contributed by atoms with Crippen LogP contribution in [-0.4, -0.2) is 57.3 Å². The summed E-state index contributed by atoms with van der Waals surface area (Å²) < 4.78 is 5.02. The first-order valence-electron chi connectivity index (χ1n) is 9.02. The highest BCUT2D eigenvalue weighted by Crippen LogP contribution is 2.06. The second-order valence-electron chi connectivity index (χ2n) is 6.30. The Morgan fingerprint density at radius 3 is 2.13 bits per heavy atom. The predicted octanol–water partition coefficient (Wildman–Crippen LogP) is 1.46. The summed E-state index contributed by atoms with van der Waals surface area (Å²) >= 11 is 2.97. The second-order valence-corrected chi connectivity index (χ2v) is 6.86. The summed E-state index contributed by atoms with van der Waals surface area (Å²) in [4.78, 5) is 58.1. The van der Waals surface area contributed by atoms with E-state index < -0.39 is 42.4 Å². The van der Waals surface area contributed by atoms with Crippen LogP contribution in [-0.2, 0) is 30.5 Å². The normalized spacial score (nSPS) is 12.3. The number of carboxylic acid groups (broad SMARTS) is 2.